The van der Waals surface area contributed by atoms with E-state index >= 15 is 0 Å². The van der Waals surface area contributed by atoms with Gasteiger partial charge in [-0.15, -0.1) is 0 Å². The molecule has 0 bridgehead atoms. The van der Waals surface area contributed by atoms with Gasteiger partial charge in [0.1, 0.15) is 11.6 Å². The fourth-order valence-electron chi connectivity index (χ4n) is 2.09. The molecule has 7 heteroatoms. The normalized spacial score (nSPS) is 11.9. The molecule has 2 rings (SSSR count). The monoisotopic (exact) mass is 435 g/mol. The average Bonchev–Trinajstić information content (AvgIpc) is 2.63. The Bertz CT molecular complexity index is 836. The summed E-state index contributed by atoms with van der Waals surface area (Å²) in [5, 5.41) is 2.74. The number of halogens is 2. The summed E-state index contributed by atoms with van der Waals surface area (Å²) in [6, 6.07) is 10.9. The number of hydrogen-bond acceptors (Lipinski definition) is 4. The first-order valence-corrected chi connectivity index (χ1v) is 9.06. The Labute approximate surface area is 165 Å². The lowest BCUT2D eigenvalue weighted by Crippen LogP contribution is -2.30. The lowest BCUT2D eigenvalue weighted by atomic mass is 10.2. The molecule has 1 unspecified atom stereocenters. The maximum absolute atomic E-state index is 13.1. The van der Waals surface area contributed by atoms with E-state index in [1.54, 1.807) is 44.2 Å². The van der Waals surface area contributed by atoms with E-state index in [-0.39, 0.29) is 5.91 Å². The van der Waals surface area contributed by atoms with Gasteiger partial charge in [0.05, 0.1) is 11.1 Å². The van der Waals surface area contributed by atoms with Crippen LogP contribution in [-0.2, 0) is 14.3 Å². The van der Waals surface area contributed by atoms with Crippen LogP contribution in [0.15, 0.2) is 53.0 Å². The van der Waals surface area contributed by atoms with Crippen LogP contribution in [0.3, 0.4) is 0 Å². The zero-order valence-corrected chi connectivity index (χ0v) is 16.5. The molecular formula is C20H19BrFNO4. The minimum absolute atomic E-state index is 0.322. The highest BCUT2D eigenvalue weighted by molar-refractivity contribution is 9.10. The molecule has 1 amide bonds. The molecule has 142 valence electrons. The molecule has 0 saturated heterocycles. The standard InChI is InChI=1S/C20H19BrFNO4/c1-3-26-19(24)11-6-14-4-8-16(9-5-14)23-20(25)13(2)27-18-10-7-15(22)12-17(18)21/h4-13H,3H2,1-2H3,(H,23,25)/b11-6+. The third-order valence-electron chi connectivity index (χ3n) is 3.44. The summed E-state index contributed by atoms with van der Waals surface area (Å²) in [4.78, 5) is 23.6. The molecule has 0 aliphatic carbocycles. The van der Waals surface area contributed by atoms with Crippen LogP contribution in [0.25, 0.3) is 6.08 Å². The maximum Gasteiger partial charge on any atom is 0.330 e. The van der Waals surface area contributed by atoms with Gasteiger partial charge in [0.25, 0.3) is 5.91 Å². The first kappa shape index (κ1) is 20.6. The van der Waals surface area contributed by atoms with E-state index < -0.39 is 17.9 Å². The SMILES string of the molecule is CCOC(=O)/C=C/c1ccc(NC(=O)C(C)Oc2ccc(F)cc2Br)cc1. The predicted molar refractivity (Wildman–Crippen MR) is 105 cm³/mol. The Morgan fingerprint density at radius 3 is 2.56 bits per heavy atom. The largest absolute Gasteiger partial charge is 0.480 e. The zero-order chi connectivity index (χ0) is 19.8. The molecule has 0 heterocycles. The van der Waals surface area contributed by atoms with Gasteiger partial charge in [0, 0.05) is 11.8 Å². The number of hydrogen-bond donors (Lipinski definition) is 1. The second-order valence-corrected chi connectivity index (χ2v) is 6.39. The third kappa shape index (κ3) is 6.53. The van der Waals surface area contributed by atoms with Crippen molar-refractivity contribution in [2.75, 3.05) is 11.9 Å². The van der Waals surface area contributed by atoms with E-state index in [9.17, 15) is 14.0 Å². The summed E-state index contributed by atoms with van der Waals surface area (Å²) < 4.78 is 23.9. The van der Waals surface area contributed by atoms with Crippen molar-refractivity contribution in [2.45, 2.75) is 20.0 Å². The molecule has 0 fully saturated rings. The van der Waals surface area contributed by atoms with Crippen molar-refractivity contribution in [2.24, 2.45) is 0 Å². The van der Waals surface area contributed by atoms with Crippen molar-refractivity contribution in [3.8, 4) is 5.75 Å². The predicted octanol–water partition coefficient (Wildman–Crippen LogP) is 4.57. The number of rotatable bonds is 7. The van der Waals surface area contributed by atoms with E-state index in [0.29, 0.717) is 22.5 Å². The average molecular weight is 436 g/mol. The smallest absolute Gasteiger partial charge is 0.330 e. The third-order valence-corrected chi connectivity index (χ3v) is 4.06. The minimum Gasteiger partial charge on any atom is -0.480 e. The van der Waals surface area contributed by atoms with Crippen molar-refractivity contribution in [3.63, 3.8) is 0 Å². The van der Waals surface area contributed by atoms with Gasteiger partial charge >= 0.3 is 5.97 Å². The van der Waals surface area contributed by atoms with Crippen LogP contribution in [0, 0.1) is 5.82 Å². The first-order valence-electron chi connectivity index (χ1n) is 8.26. The maximum atomic E-state index is 13.1. The van der Waals surface area contributed by atoms with E-state index in [2.05, 4.69) is 21.2 Å². The van der Waals surface area contributed by atoms with Gasteiger partial charge < -0.3 is 14.8 Å². The first-order chi connectivity index (χ1) is 12.9. The summed E-state index contributed by atoms with van der Waals surface area (Å²) >= 11 is 3.20. The Morgan fingerprint density at radius 2 is 1.93 bits per heavy atom. The van der Waals surface area contributed by atoms with Gasteiger partial charge in [0.15, 0.2) is 6.10 Å². The van der Waals surface area contributed by atoms with Crippen LogP contribution in [0.1, 0.15) is 19.4 Å². The molecule has 1 N–H and O–H groups in total. The minimum atomic E-state index is -0.782. The van der Waals surface area contributed by atoms with Gasteiger partial charge in [-0.1, -0.05) is 12.1 Å². The molecule has 0 saturated carbocycles. The van der Waals surface area contributed by atoms with Gasteiger partial charge in [-0.25, -0.2) is 9.18 Å². The number of ether oxygens (including phenoxy) is 2. The Morgan fingerprint density at radius 1 is 1.22 bits per heavy atom. The summed E-state index contributed by atoms with van der Waals surface area (Å²) in [5.74, 6) is -0.782. The topological polar surface area (TPSA) is 64.6 Å². The summed E-state index contributed by atoms with van der Waals surface area (Å²) in [7, 11) is 0. The van der Waals surface area contributed by atoms with Gasteiger partial charge in [-0.3, -0.25) is 4.79 Å². The number of esters is 1. The number of carbonyl (C=O) groups is 2. The fraction of sp³-hybridized carbons (Fsp3) is 0.200. The number of benzene rings is 2. The molecule has 0 aliphatic heterocycles. The number of amides is 1. The highest BCUT2D eigenvalue weighted by atomic mass is 79.9. The Balaban J connectivity index is 1.93. The number of carbonyl (C=O) groups excluding carboxylic acids is 2. The van der Waals surface area contributed by atoms with Crippen molar-refractivity contribution < 1.29 is 23.5 Å². The van der Waals surface area contributed by atoms with E-state index in [4.69, 9.17) is 9.47 Å². The second-order valence-electron chi connectivity index (χ2n) is 5.53. The Hall–Kier alpha value is -2.67. The van der Waals surface area contributed by atoms with Crippen molar-refractivity contribution >= 4 is 39.6 Å². The van der Waals surface area contributed by atoms with Crippen molar-refractivity contribution in [3.05, 3.63) is 64.4 Å². The van der Waals surface area contributed by atoms with Crippen molar-refractivity contribution in [1.82, 2.24) is 0 Å². The number of anilines is 1. The lowest BCUT2D eigenvalue weighted by molar-refractivity contribution is -0.137. The second kappa shape index (κ2) is 9.87. The quantitative estimate of drug-likeness (QED) is 0.510. The Kier molecular flexibility index (Phi) is 7.55. The van der Waals surface area contributed by atoms with E-state index in [1.165, 1.54) is 24.3 Å². The van der Waals surface area contributed by atoms with Crippen LogP contribution in [-0.4, -0.2) is 24.6 Å². The molecule has 1 atom stereocenters. The molecule has 0 spiro atoms. The van der Waals surface area contributed by atoms with Crippen LogP contribution in [0.4, 0.5) is 10.1 Å². The molecule has 2 aromatic rings. The highest BCUT2D eigenvalue weighted by Crippen LogP contribution is 2.26. The molecule has 0 aliphatic rings. The zero-order valence-electron chi connectivity index (χ0n) is 14.9. The summed E-state index contributed by atoms with van der Waals surface area (Å²) in [6.07, 6.45) is 2.18. The molecule has 2 aromatic carbocycles. The van der Waals surface area contributed by atoms with Gasteiger partial charge in [0.2, 0.25) is 0 Å². The summed E-state index contributed by atoms with van der Waals surface area (Å²) in [6.45, 7) is 3.66. The highest BCUT2D eigenvalue weighted by Gasteiger charge is 2.16. The van der Waals surface area contributed by atoms with Crippen molar-refractivity contribution in [1.29, 1.82) is 0 Å². The number of nitrogens with one attached hydrogen (secondary N) is 1. The lowest BCUT2D eigenvalue weighted by Gasteiger charge is -2.16. The molecule has 27 heavy (non-hydrogen) atoms. The van der Waals surface area contributed by atoms with Crippen LogP contribution in [0.2, 0.25) is 0 Å². The van der Waals surface area contributed by atoms with E-state index in [1.807, 2.05) is 0 Å². The molecule has 5 nitrogen and oxygen atoms in total. The molecule has 0 radical (unpaired) electrons. The van der Waals surface area contributed by atoms with E-state index in [0.717, 1.165) is 5.56 Å². The molecule has 0 aromatic heterocycles. The van der Waals surface area contributed by atoms with Crippen LogP contribution < -0.4 is 10.1 Å². The molecular weight excluding hydrogens is 417 g/mol. The summed E-state index contributed by atoms with van der Waals surface area (Å²) in [5.41, 5.74) is 1.38. The van der Waals surface area contributed by atoms with Crippen LogP contribution in [0.5, 0.6) is 5.75 Å². The van der Waals surface area contributed by atoms with Crippen LogP contribution >= 0.6 is 15.9 Å². The fourth-order valence-corrected chi connectivity index (χ4v) is 2.54. The van der Waals surface area contributed by atoms with Gasteiger partial charge in [-0.2, -0.15) is 0 Å². The van der Waals surface area contributed by atoms with Gasteiger partial charge in [-0.05, 0) is 71.7 Å².